The molecule has 3 aromatic rings. The Labute approximate surface area is 212 Å². The number of nitrogens with one attached hydrogen (secondary N) is 1. The molecule has 0 radical (unpaired) electrons. The van der Waals surface area contributed by atoms with Crippen LogP contribution in [0, 0.1) is 23.0 Å². The number of rotatable bonds is 7. The highest BCUT2D eigenvalue weighted by Crippen LogP contribution is 2.46. The first-order valence-electron chi connectivity index (χ1n) is 10.1. The summed E-state index contributed by atoms with van der Waals surface area (Å²) >= 11 is 4.66. The van der Waals surface area contributed by atoms with Gasteiger partial charge in [-0.3, -0.25) is 9.99 Å². The van der Waals surface area contributed by atoms with Crippen LogP contribution in [-0.2, 0) is 11.5 Å². The molecule has 3 rings (SSSR count). The maximum Gasteiger partial charge on any atom is 0.423 e. The molecule has 0 saturated carbocycles. The second-order valence-electron chi connectivity index (χ2n) is 7.52. The Morgan fingerprint density at radius 3 is 2.32 bits per heavy atom. The lowest BCUT2D eigenvalue weighted by molar-refractivity contribution is -0.205. The molecule has 37 heavy (non-hydrogen) atoms. The van der Waals surface area contributed by atoms with Gasteiger partial charge in [0.15, 0.2) is 10.7 Å². The van der Waals surface area contributed by atoms with E-state index in [9.17, 15) is 18.7 Å². The molecular formula is C23H17F4N5O4S. The monoisotopic (exact) mass is 535 g/mol. The number of halogens is 4. The first kappa shape index (κ1) is 27.1. The molecule has 14 heteroatoms. The second-order valence-corrected chi connectivity index (χ2v) is 7.94. The van der Waals surface area contributed by atoms with Crippen LogP contribution >= 0.6 is 12.2 Å². The number of aromatic nitrogens is 1. The number of carboxylic acid groups (broad SMARTS) is 1. The van der Waals surface area contributed by atoms with Gasteiger partial charge < -0.3 is 20.7 Å². The number of hydrogen-bond acceptors (Lipinski definition) is 6. The van der Waals surface area contributed by atoms with Crippen molar-refractivity contribution < 1.29 is 37.3 Å². The Hall–Kier alpha value is -4.48. The Bertz CT molecular complexity index is 1350. The quantitative estimate of drug-likeness (QED) is 0.202. The zero-order valence-electron chi connectivity index (χ0n) is 18.5. The molecule has 0 aliphatic rings. The van der Waals surface area contributed by atoms with E-state index in [0.29, 0.717) is 17.7 Å². The Balaban J connectivity index is 2.02. The molecule has 0 aliphatic heterocycles. The van der Waals surface area contributed by atoms with E-state index in [2.05, 4.69) is 17.2 Å². The third-order valence-corrected chi connectivity index (χ3v) is 5.28. The van der Waals surface area contributed by atoms with Gasteiger partial charge in [-0.25, -0.2) is 19.0 Å². The van der Waals surface area contributed by atoms with E-state index in [-0.39, 0.29) is 22.6 Å². The maximum atomic E-state index is 15.8. The lowest BCUT2D eigenvalue weighted by atomic mass is 9.84. The molecule has 1 aromatic heterocycles. The summed E-state index contributed by atoms with van der Waals surface area (Å²) in [6.07, 6.45) is -0.857. The van der Waals surface area contributed by atoms with E-state index in [1.54, 1.807) is 5.43 Å². The molecule has 1 unspecified atom stereocenters. The van der Waals surface area contributed by atoms with Crippen molar-refractivity contribution >= 4 is 23.4 Å². The van der Waals surface area contributed by atoms with E-state index in [1.807, 2.05) is 6.07 Å². The van der Waals surface area contributed by atoms with Crippen molar-refractivity contribution in [3.8, 4) is 17.6 Å². The standard InChI is InChI=1S/C23H17F4N5O4S/c24-14-3-7-17(18(25)9-14)22(35,12-32(20(29)37)31-21(33)34)23(26,27)19-8-6-16(11-30-19)36-15-4-1-13(10-28)2-5-15/h1-9,11,31,35H,12H2,(H2,29,37)(H,33,34). The molecule has 1 amide bonds. The number of amides is 1. The van der Waals surface area contributed by atoms with Crippen molar-refractivity contribution in [3.63, 3.8) is 0 Å². The highest BCUT2D eigenvalue weighted by molar-refractivity contribution is 7.80. The van der Waals surface area contributed by atoms with Gasteiger partial charge in [0.2, 0.25) is 0 Å². The van der Waals surface area contributed by atoms with E-state index < -0.39 is 52.2 Å². The second kappa shape index (κ2) is 10.6. The molecule has 2 aromatic carbocycles. The van der Waals surface area contributed by atoms with Crippen molar-refractivity contribution in [3.05, 3.63) is 89.2 Å². The summed E-state index contributed by atoms with van der Waals surface area (Å²) in [5, 5.41) is 28.6. The van der Waals surface area contributed by atoms with Gasteiger partial charge in [0.25, 0.3) is 0 Å². The molecule has 5 N–H and O–H groups in total. The van der Waals surface area contributed by atoms with E-state index in [4.69, 9.17) is 20.8 Å². The van der Waals surface area contributed by atoms with Gasteiger partial charge >= 0.3 is 12.0 Å². The van der Waals surface area contributed by atoms with Crippen molar-refractivity contribution in [2.75, 3.05) is 6.54 Å². The number of thiocarbonyl (C=S) groups is 1. The first-order valence-corrected chi connectivity index (χ1v) is 10.5. The number of carbonyl (C=O) groups is 1. The summed E-state index contributed by atoms with van der Waals surface area (Å²) in [5.74, 6) is -6.78. The normalized spacial score (nSPS) is 12.6. The lowest BCUT2D eigenvalue weighted by Crippen LogP contribution is -2.59. The Kier molecular flexibility index (Phi) is 7.80. The van der Waals surface area contributed by atoms with Crippen LogP contribution in [0.15, 0.2) is 60.8 Å². The largest absolute Gasteiger partial charge is 0.464 e. The van der Waals surface area contributed by atoms with Gasteiger partial charge in [-0.2, -0.15) is 14.0 Å². The van der Waals surface area contributed by atoms with Crippen LogP contribution in [0.5, 0.6) is 11.5 Å². The summed E-state index contributed by atoms with van der Waals surface area (Å²) in [4.78, 5) is 14.7. The molecule has 0 aliphatic carbocycles. The highest BCUT2D eigenvalue weighted by atomic mass is 32.1. The zero-order chi connectivity index (χ0) is 27.4. The average molecular weight is 535 g/mol. The lowest BCUT2D eigenvalue weighted by Gasteiger charge is -2.39. The number of benzene rings is 2. The van der Waals surface area contributed by atoms with Crippen LogP contribution in [0.3, 0.4) is 0 Å². The van der Waals surface area contributed by atoms with Crippen LogP contribution in [0.25, 0.3) is 0 Å². The topological polar surface area (TPSA) is 145 Å². The van der Waals surface area contributed by atoms with Crippen molar-refractivity contribution in [2.45, 2.75) is 11.5 Å². The fourth-order valence-electron chi connectivity index (χ4n) is 3.27. The minimum absolute atomic E-state index is 0.0121. The minimum atomic E-state index is -4.41. The number of hydrogen-bond donors (Lipinski definition) is 4. The van der Waals surface area contributed by atoms with Gasteiger partial charge in [0.1, 0.15) is 28.8 Å². The van der Waals surface area contributed by atoms with Gasteiger partial charge in [0.05, 0.1) is 24.4 Å². The van der Waals surface area contributed by atoms with Crippen LogP contribution in [0.1, 0.15) is 16.8 Å². The highest BCUT2D eigenvalue weighted by Gasteiger charge is 2.58. The van der Waals surface area contributed by atoms with Gasteiger partial charge in [-0.05, 0) is 60.7 Å². The Morgan fingerprint density at radius 1 is 1.16 bits per heavy atom. The molecule has 192 valence electrons. The fraction of sp³-hybridized carbons (Fsp3) is 0.130. The molecular weight excluding hydrogens is 518 g/mol. The predicted octanol–water partition coefficient (Wildman–Crippen LogP) is 3.73. The van der Waals surface area contributed by atoms with Crippen molar-refractivity contribution in [1.82, 2.24) is 15.4 Å². The molecule has 0 spiro atoms. The summed E-state index contributed by atoms with van der Waals surface area (Å²) in [7, 11) is 0. The summed E-state index contributed by atoms with van der Waals surface area (Å²) in [5.41, 5.74) is 1.71. The number of ether oxygens (including phenoxy) is 1. The third-order valence-electron chi connectivity index (χ3n) is 5.06. The number of pyridine rings is 1. The minimum Gasteiger partial charge on any atom is -0.464 e. The SMILES string of the molecule is N#Cc1ccc(Oc2ccc(C(F)(F)C(O)(CN(NC(=O)O)C(N)=S)c3ccc(F)cc3F)nc2)cc1. The third kappa shape index (κ3) is 5.85. The van der Waals surface area contributed by atoms with E-state index in [0.717, 1.165) is 18.3 Å². The molecule has 1 heterocycles. The number of aliphatic hydroxyl groups is 1. The number of alkyl halides is 2. The smallest absolute Gasteiger partial charge is 0.423 e. The summed E-state index contributed by atoms with van der Waals surface area (Å²) < 4.78 is 65.3. The van der Waals surface area contributed by atoms with Crippen LogP contribution in [0.4, 0.5) is 22.4 Å². The van der Waals surface area contributed by atoms with Crippen LogP contribution in [0.2, 0.25) is 0 Å². The number of hydrazine groups is 1. The number of nitrogens with two attached hydrogens (primary N) is 1. The van der Waals surface area contributed by atoms with Gasteiger partial charge in [-0.1, -0.05) is 0 Å². The van der Waals surface area contributed by atoms with Crippen LogP contribution in [-0.4, -0.2) is 38.0 Å². The fourth-order valence-corrected chi connectivity index (χ4v) is 3.38. The van der Waals surface area contributed by atoms with Gasteiger partial charge in [0, 0.05) is 11.6 Å². The van der Waals surface area contributed by atoms with E-state index >= 15 is 8.78 Å². The average Bonchev–Trinajstić information content (AvgIpc) is 2.84. The summed E-state index contributed by atoms with van der Waals surface area (Å²) in [6.45, 7) is -1.38. The predicted molar refractivity (Wildman–Crippen MR) is 124 cm³/mol. The molecule has 9 nitrogen and oxygen atoms in total. The zero-order valence-corrected chi connectivity index (χ0v) is 19.3. The van der Waals surface area contributed by atoms with Crippen molar-refractivity contribution in [1.29, 1.82) is 5.26 Å². The van der Waals surface area contributed by atoms with Crippen LogP contribution < -0.4 is 15.9 Å². The number of nitrogens with zero attached hydrogens (tertiary/aromatic N) is 3. The summed E-state index contributed by atoms with van der Waals surface area (Å²) in [6, 6.07) is 11.2. The van der Waals surface area contributed by atoms with Gasteiger partial charge in [-0.15, -0.1) is 0 Å². The maximum absolute atomic E-state index is 15.8. The molecule has 0 saturated heterocycles. The van der Waals surface area contributed by atoms with Crippen molar-refractivity contribution in [2.24, 2.45) is 5.73 Å². The molecule has 0 bridgehead atoms. The molecule has 1 atom stereocenters. The van der Waals surface area contributed by atoms with E-state index in [1.165, 1.54) is 24.3 Å². The molecule has 0 fully saturated rings. The number of nitriles is 1. The first-order chi connectivity index (χ1) is 17.4. The Morgan fingerprint density at radius 2 is 1.81 bits per heavy atom.